The largest absolute Gasteiger partial charge is 0.481 e. The topological polar surface area (TPSA) is 57.5 Å². The van der Waals surface area contributed by atoms with Gasteiger partial charge in [0.1, 0.15) is 0 Å². The van der Waals surface area contributed by atoms with E-state index in [1.807, 2.05) is 0 Å². The summed E-state index contributed by atoms with van der Waals surface area (Å²) < 4.78 is 0. The molecule has 0 saturated heterocycles. The molecule has 2 N–H and O–H groups in total. The number of carboxylic acid groups (broad SMARTS) is 1. The number of fused-ring (bicyclic) bond motifs is 2. The Morgan fingerprint density at radius 2 is 2.00 bits per heavy atom. The van der Waals surface area contributed by atoms with Gasteiger partial charge in [-0.3, -0.25) is 4.79 Å². The normalized spacial score (nSPS) is 47.1. The van der Waals surface area contributed by atoms with Crippen LogP contribution in [0.4, 0.5) is 0 Å². The van der Waals surface area contributed by atoms with Crippen molar-refractivity contribution in [3.8, 4) is 0 Å². The van der Waals surface area contributed by atoms with E-state index in [9.17, 15) is 9.90 Å². The van der Waals surface area contributed by atoms with E-state index in [2.05, 4.69) is 20.8 Å². The van der Waals surface area contributed by atoms with Gasteiger partial charge in [0.25, 0.3) is 0 Å². The van der Waals surface area contributed by atoms with Gasteiger partial charge in [0.15, 0.2) is 0 Å². The van der Waals surface area contributed by atoms with Gasteiger partial charge in [0.2, 0.25) is 0 Å². The van der Waals surface area contributed by atoms with Gasteiger partial charge in [0, 0.05) is 5.41 Å². The molecule has 0 aromatic rings. The Kier molecular flexibility index (Phi) is 2.01. The van der Waals surface area contributed by atoms with Crippen LogP contribution in [0.5, 0.6) is 0 Å². The molecular weight excluding hydrogens is 192 g/mol. The van der Waals surface area contributed by atoms with Crippen LogP contribution in [0.1, 0.15) is 46.5 Å². The summed E-state index contributed by atoms with van der Waals surface area (Å²) in [5, 5.41) is 19.5. The zero-order valence-electron chi connectivity index (χ0n) is 9.71. The lowest BCUT2D eigenvalue weighted by Gasteiger charge is -2.44. The summed E-state index contributed by atoms with van der Waals surface area (Å²) in [5.41, 5.74) is -1.16. The zero-order valence-corrected chi connectivity index (χ0v) is 9.71. The van der Waals surface area contributed by atoms with E-state index in [0.29, 0.717) is 12.3 Å². The molecule has 2 aliphatic rings. The Labute approximate surface area is 90.5 Å². The van der Waals surface area contributed by atoms with Crippen molar-refractivity contribution < 1.29 is 15.0 Å². The summed E-state index contributed by atoms with van der Waals surface area (Å²) in [6, 6.07) is 0. The van der Waals surface area contributed by atoms with Crippen LogP contribution < -0.4 is 0 Å². The first kappa shape index (κ1) is 10.9. The van der Waals surface area contributed by atoms with Crippen LogP contribution in [0.25, 0.3) is 0 Å². The standard InChI is InChI=1S/C12H20O3/c1-10(2)8-4-5-11(10,3)12(15,6-8)7-9(13)14/h8,15H,4-7H2,1-3H3,(H,13,14). The van der Waals surface area contributed by atoms with Gasteiger partial charge in [-0.15, -0.1) is 0 Å². The highest BCUT2D eigenvalue weighted by atomic mass is 16.4. The van der Waals surface area contributed by atoms with Crippen LogP contribution in [0.2, 0.25) is 0 Å². The van der Waals surface area contributed by atoms with Crippen LogP contribution >= 0.6 is 0 Å². The maximum atomic E-state index is 10.8. The molecule has 0 spiro atoms. The number of hydrogen-bond donors (Lipinski definition) is 2. The van der Waals surface area contributed by atoms with Crippen LogP contribution in [0, 0.1) is 16.7 Å². The molecule has 3 unspecified atom stereocenters. The van der Waals surface area contributed by atoms with Gasteiger partial charge >= 0.3 is 5.97 Å². The third-order valence-corrected chi connectivity index (χ3v) is 5.49. The minimum Gasteiger partial charge on any atom is -0.481 e. The minimum atomic E-state index is -0.995. The minimum absolute atomic E-state index is 0.0667. The van der Waals surface area contributed by atoms with Crippen molar-refractivity contribution in [3.63, 3.8) is 0 Å². The van der Waals surface area contributed by atoms with E-state index in [1.54, 1.807) is 0 Å². The monoisotopic (exact) mass is 212 g/mol. The maximum Gasteiger partial charge on any atom is 0.306 e. The van der Waals surface area contributed by atoms with Gasteiger partial charge in [-0.25, -0.2) is 0 Å². The summed E-state index contributed by atoms with van der Waals surface area (Å²) >= 11 is 0. The first-order valence-corrected chi connectivity index (χ1v) is 5.67. The Bertz CT molecular complexity index is 310. The lowest BCUT2D eigenvalue weighted by Crippen LogP contribution is -2.48. The van der Waals surface area contributed by atoms with E-state index in [-0.39, 0.29) is 17.3 Å². The molecule has 3 heteroatoms. The second-order valence-electron chi connectivity index (χ2n) is 6.10. The average Bonchev–Trinajstić information content (AvgIpc) is 2.34. The van der Waals surface area contributed by atoms with Crippen LogP contribution in [0.15, 0.2) is 0 Å². The lowest BCUT2D eigenvalue weighted by molar-refractivity contribution is -0.152. The van der Waals surface area contributed by atoms with Crippen molar-refractivity contribution in [2.45, 2.75) is 52.1 Å². The molecule has 2 aliphatic carbocycles. The lowest BCUT2D eigenvalue weighted by atomic mass is 9.63. The Hall–Kier alpha value is -0.570. The van der Waals surface area contributed by atoms with Gasteiger partial charge in [0.05, 0.1) is 12.0 Å². The zero-order chi connectivity index (χ0) is 11.5. The van der Waals surface area contributed by atoms with Crippen molar-refractivity contribution in [1.82, 2.24) is 0 Å². The molecule has 0 heterocycles. The molecule has 2 rings (SSSR count). The predicted molar refractivity (Wildman–Crippen MR) is 56.4 cm³/mol. The number of carbonyl (C=O) groups is 1. The highest BCUT2D eigenvalue weighted by molar-refractivity contribution is 5.68. The van der Waals surface area contributed by atoms with E-state index in [0.717, 1.165) is 12.8 Å². The van der Waals surface area contributed by atoms with Crippen LogP contribution in [-0.2, 0) is 4.79 Å². The number of rotatable bonds is 2. The third kappa shape index (κ3) is 1.13. The highest BCUT2D eigenvalue weighted by Gasteiger charge is 2.68. The Morgan fingerprint density at radius 1 is 1.40 bits per heavy atom. The predicted octanol–water partition coefficient (Wildman–Crippen LogP) is 2.04. The Morgan fingerprint density at radius 3 is 2.33 bits per heavy atom. The first-order chi connectivity index (χ1) is 6.73. The molecule has 0 aromatic heterocycles. The molecule has 0 radical (unpaired) electrons. The van der Waals surface area contributed by atoms with Crippen LogP contribution in [0.3, 0.4) is 0 Å². The SMILES string of the molecule is CC1(C)C2CCC1(C)C(O)(CC(=O)O)C2. The molecule has 2 saturated carbocycles. The summed E-state index contributed by atoms with van der Waals surface area (Å²) in [4.78, 5) is 10.8. The molecule has 2 fully saturated rings. The van der Waals surface area contributed by atoms with E-state index in [1.165, 1.54) is 0 Å². The number of aliphatic carboxylic acids is 1. The van der Waals surface area contributed by atoms with Gasteiger partial charge in [-0.05, 0) is 30.6 Å². The summed E-state index contributed by atoms with van der Waals surface area (Å²) in [7, 11) is 0. The Balaban J connectivity index is 2.36. The molecule has 2 bridgehead atoms. The van der Waals surface area contributed by atoms with E-state index < -0.39 is 11.6 Å². The molecular formula is C12H20O3. The number of carboxylic acids is 1. The summed E-state index contributed by atoms with van der Waals surface area (Å²) in [5.74, 6) is -0.408. The van der Waals surface area contributed by atoms with Crippen molar-refractivity contribution in [3.05, 3.63) is 0 Å². The number of hydrogen-bond acceptors (Lipinski definition) is 2. The molecule has 0 aliphatic heterocycles. The van der Waals surface area contributed by atoms with Crippen LogP contribution in [-0.4, -0.2) is 21.8 Å². The fourth-order valence-corrected chi connectivity index (χ4v) is 3.94. The van der Waals surface area contributed by atoms with Crippen molar-refractivity contribution in [2.75, 3.05) is 0 Å². The van der Waals surface area contributed by atoms with Crippen molar-refractivity contribution >= 4 is 5.97 Å². The molecule has 3 atom stereocenters. The second-order valence-corrected chi connectivity index (χ2v) is 6.10. The van der Waals surface area contributed by atoms with Crippen molar-refractivity contribution in [2.24, 2.45) is 16.7 Å². The summed E-state index contributed by atoms with van der Waals surface area (Å²) in [6.07, 6.45) is 2.63. The maximum absolute atomic E-state index is 10.8. The molecule has 86 valence electrons. The molecule has 0 amide bonds. The average molecular weight is 212 g/mol. The molecule has 3 nitrogen and oxygen atoms in total. The third-order valence-electron chi connectivity index (χ3n) is 5.49. The number of aliphatic hydroxyl groups is 1. The fraction of sp³-hybridized carbons (Fsp3) is 0.917. The van der Waals surface area contributed by atoms with Crippen molar-refractivity contribution in [1.29, 1.82) is 0 Å². The smallest absolute Gasteiger partial charge is 0.306 e. The van der Waals surface area contributed by atoms with E-state index >= 15 is 0 Å². The fourth-order valence-electron chi connectivity index (χ4n) is 3.94. The molecule has 15 heavy (non-hydrogen) atoms. The summed E-state index contributed by atoms with van der Waals surface area (Å²) in [6.45, 7) is 6.40. The highest BCUT2D eigenvalue weighted by Crippen LogP contribution is 2.70. The first-order valence-electron chi connectivity index (χ1n) is 5.67. The van der Waals surface area contributed by atoms with Gasteiger partial charge in [-0.2, -0.15) is 0 Å². The van der Waals surface area contributed by atoms with Gasteiger partial charge in [-0.1, -0.05) is 20.8 Å². The molecule has 0 aromatic carbocycles. The van der Waals surface area contributed by atoms with Gasteiger partial charge < -0.3 is 10.2 Å². The quantitative estimate of drug-likeness (QED) is 0.736. The van der Waals surface area contributed by atoms with E-state index in [4.69, 9.17) is 5.11 Å². The second kappa shape index (κ2) is 2.76.